The van der Waals surface area contributed by atoms with Gasteiger partial charge in [0.1, 0.15) is 0 Å². The second-order valence-corrected chi connectivity index (χ2v) is 8.36. The Morgan fingerprint density at radius 1 is 1.43 bits per heavy atom. The minimum absolute atomic E-state index is 0.0908. The minimum atomic E-state index is -0.789. The molecule has 0 aliphatic carbocycles. The molecule has 1 fully saturated rings. The van der Waals surface area contributed by atoms with Crippen LogP contribution in [0.2, 0.25) is 0 Å². The van der Waals surface area contributed by atoms with Gasteiger partial charge in [-0.3, -0.25) is 9.00 Å². The maximum absolute atomic E-state index is 12.8. The Morgan fingerprint density at radius 3 is 2.95 bits per heavy atom. The first-order valence-electron chi connectivity index (χ1n) is 7.41. The molecular weight excluding hydrogens is 302 g/mol. The molecular formula is C16H23NO2S2. The normalized spacial score (nSPS) is 22.9. The number of hydrogen-bond acceptors (Lipinski definition) is 3. The van der Waals surface area contributed by atoms with E-state index in [1.54, 1.807) is 0 Å². The molecule has 21 heavy (non-hydrogen) atoms. The number of thioether (sulfide) groups is 1. The van der Waals surface area contributed by atoms with E-state index in [1.807, 2.05) is 40.9 Å². The van der Waals surface area contributed by atoms with Crippen LogP contribution in [0.5, 0.6) is 0 Å². The van der Waals surface area contributed by atoms with Crippen molar-refractivity contribution in [1.29, 1.82) is 0 Å². The summed E-state index contributed by atoms with van der Waals surface area (Å²) in [5.41, 5.74) is 1.91. The van der Waals surface area contributed by atoms with Crippen molar-refractivity contribution in [2.24, 2.45) is 5.92 Å². The van der Waals surface area contributed by atoms with Crippen molar-refractivity contribution >= 4 is 28.5 Å². The lowest BCUT2D eigenvalue weighted by atomic mass is 10.1. The number of nitrogens with zero attached hydrogens (tertiary/aromatic N) is 1. The summed E-state index contributed by atoms with van der Waals surface area (Å²) in [5.74, 6) is 3.61. The van der Waals surface area contributed by atoms with Gasteiger partial charge in [0.05, 0.1) is 0 Å². The van der Waals surface area contributed by atoms with Gasteiger partial charge in [0.2, 0.25) is 0 Å². The minimum Gasteiger partial charge on any atom is -0.337 e. The van der Waals surface area contributed by atoms with Crippen LogP contribution >= 0.6 is 11.8 Å². The molecule has 1 aliphatic heterocycles. The molecule has 0 N–H and O–H groups in total. The van der Waals surface area contributed by atoms with Crippen LogP contribution in [-0.4, -0.2) is 45.4 Å². The molecule has 0 unspecified atom stereocenters. The first kappa shape index (κ1) is 16.6. The second kappa shape index (κ2) is 7.99. The molecule has 5 heteroatoms. The highest BCUT2D eigenvalue weighted by Gasteiger charge is 2.24. The molecule has 116 valence electrons. The first-order valence-corrected chi connectivity index (χ1v) is 10.1. The van der Waals surface area contributed by atoms with Crippen molar-refractivity contribution in [3.05, 3.63) is 35.4 Å². The summed E-state index contributed by atoms with van der Waals surface area (Å²) in [5, 5.41) is 0. The third-order valence-electron chi connectivity index (χ3n) is 3.59. The predicted molar refractivity (Wildman–Crippen MR) is 91.2 cm³/mol. The molecule has 0 radical (unpaired) electrons. The van der Waals surface area contributed by atoms with Gasteiger partial charge in [0.15, 0.2) is 0 Å². The number of amides is 1. The van der Waals surface area contributed by atoms with Gasteiger partial charge in [-0.25, -0.2) is 0 Å². The molecule has 3 nitrogen and oxygen atoms in total. The van der Waals surface area contributed by atoms with Crippen LogP contribution in [0.1, 0.15) is 29.8 Å². The van der Waals surface area contributed by atoms with Gasteiger partial charge in [-0.05, 0) is 23.3 Å². The number of carbonyl (C=O) groups excluding carboxylic acids is 1. The largest absolute Gasteiger partial charge is 0.337 e. The average molecular weight is 325 g/mol. The standard InChI is InChI=1S/C16H23NO2S2/c1-3-20-11-14-6-4-5-7-15(14)16(18)17-8-9-21(19)12-13(2)10-17/h4-7,13H,3,8-12H2,1-2H3/t13-,21+/m0/s1. The number of hydrogen-bond donors (Lipinski definition) is 0. The van der Waals surface area contributed by atoms with Crippen molar-refractivity contribution in [3.63, 3.8) is 0 Å². The molecule has 1 heterocycles. The molecule has 2 atom stereocenters. The molecule has 1 saturated heterocycles. The van der Waals surface area contributed by atoms with Crippen LogP contribution < -0.4 is 0 Å². The third-order valence-corrected chi connectivity index (χ3v) is 6.09. The summed E-state index contributed by atoms with van der Waals surface area (Å²) in [6, 6.07) is 7.87. The Labute approximate surface area is 133 Å². The van der Waals surface area contributed by atoms with E-state index >= 15 is 0 Å². The van der Waals surface area contributed by atoms with Crippen LogP contribution in [0.3, 0.4) is 0 Å². The van der Waals surface area contributed by atoms with E-state index in [0.717, 1.165) is 22.6 Å². The van der Waals surface area contributed by atoms with Gasteiger partial charge in [0.25, 0.3) is 5.91 Å². The van der Waals surface area contributed by atoms with E-state index in [-0.39, 0.29) is 5.91 Å². The Balaban J connectivity index is 2.17. The van der Waals surface area contributed by atoms with Crippen LogP contribution in [-0.2, 0) is 16.6 Å². The fraction of sp³-hybridized carbons (Fsp3) is 0.562. The summed E-state index contributed by atoms with van der Waals surface area (Å²) in [6.07, 6.45) is 0. The lowest BCUT2D eigenvalue weighted by Gasteiger charge is -2.23. The van der Waals surface area contributed by atoms with Crippen molar-refractivity contribution in [3.8, 4) is 0 Å². The van der Waals surface area contributed by atoms with E-state index in [4.69, 9.17) is 0 Å². The Morgan fingerprint density at radius 2 is 2.19 bits per heavy atom. The van der Waals surface area contributed by atoms with Gasteiger partial charge in [0, 0.05) is 46.7 Å². The van der Waals surface area contributed by atoms with Crippen molar-refractivity contribution < 1.29 is 9.00 Å². The van der Waals surface area contributed by atoms with Gasteiger partial charge in [-0.2, -0.15) is 11.8 Å². The highest BCUT2D eigenvalue weighted by atomic mass is 32.2. The van der Waals surface area contributed by atoms with Crippen LogP contribution in [0.4, 0.5) is 0 Å². The lowest BCUT2D eigenvalue weighted by molar-refractivity contribution is 0.0751. The van der Waals surface area contributed by atoms with Gasteiger partial charge in [-0.15, -0.1) is 0 Å². The SMILES string of the molecule is CCSCc1ccccc1C(=O)N1CC[S@@](=O)C[C@@H](C)C1. The first-order chi connectivity index (χ1) is 10.1. The van der Waals surface area contributed by atoms with Crippen molar-refractivity contribution in [2.75, 3.05) is 30.3 Å². The second-order valence-electron chi connectivity index (χ2n) is 5.46. The molecule has 0 spiro atoms. The fourth-order valence-corrected chi connectivity index (χ4v) is 4.56. The van der Waals surface area contributed by atoms with E-state index in [9.17, 15) is 9.00 Å². The number of carbonyl (C=O) groups is 1. The van der Waals surface area contributed by atoms with Crippen LogP contribution in [0.25, 0.3) is 0 Å². The van der Waals surface area contributed by atoms with Crippen LogP contribution in [0, 0.1) is 5.92 Å². The van der Waals surface area contributed by atoms with Gasteiger partial charge >= 0.3 is 0 Å². The van der Waals surface area contributed by atoms with E-state index in [0.29, 0.717) is 30.5 Å². The van der Waals surface area contributed by atoms with Crippen molar-refractivity contribution in [1.82, 2.24) is 4.90 Å². The molecule has 2 rings (SSSR count). The Bertz CT molecular complexity index is 519. The topological polar surface area (TPSA) is 37.4 Å². The Kier molecular flexibility index (Phi) is 6.30. The smallest absolute Gasteiger partial charge is 0.254 e. The summed E-state index contributed by atoms with van der Waals surface area (Å²) >= 11 is 1.83. The highest BCUT2D eigenvalue weighted by molar-refractivity contribution is 7.98. The summed E-state index contributed by atoms with van der Waals surface area (Å²) in [6.45, 7) is 5.51. The lowest BCUT2D eigenvalue weighted by Crippen LogP contribution is -2.35. The van der Waals surface area contributed by atoms with Crippen molar-refractivity contribution in [2.45, 2.75) is 19.6 Å². The molecule has 0 aromatic heterocycles. The van der Waals surface area contributed by atoms with E-state index in [1.165, 1.54) is 0 Å². The zero-order valence-electron chi connectivity index (χ0n) is 12.7. The monoisotopic (exact) mass is 325 g/mol. The summed E-state index contributed by atoms with van der Waals surface area (Å²) < 4.78 is 11.8. The highest BCUT2D eigenvalue weighted by Crippen LogP contribution is 2.19. The summed E-state index contributed by atoms with van der Waals surface area (Å²) in [4.78, 5) is 14.7. The average Bonchev–Trinajstić information content (AvgIpc) is 2.65. The number of benzene rings is 1. The quantitative estimate of drug-likeness (QED) is 0.854. The fourth-order valence-electron chi connectivity index (χ4n) is 2.55. The van der Waals surface area contributed by atoms with E-state index in [2.05, 4.69) is 13.8 Å². The predicted octanol–water partition coefficient (Wildman–Crippen LogP) is 2.78. The van der Waals surface area contributed by atoms with Gasteiger partial charge in [-0.1, -0.05) is 32.0 Å². The van der Waals surface area contributed by atoms with Gasteiger partial charge < -0.3 is 4.90 Å². The zero-order valence-corrected chi connectivity index (χ0v) is 14.3. The molecule has 1 aliphatic rings. The molecule has 1 aromatic rings. The Hall–Kier alpha value is -0.810. The van der Waals surface area contributed by atoms with Crippen LogP contribution in [0.15, 0.2) is 24.3 Å². The zero-order chi connectivity index (χ0) is 15.2. The third kappa shape index (κ3) is 4.58. The molecule has 0 saturated carbocycles. The maximum Gasteiger partial charge on any atom is 0.254 e. The number of rotatable bonds is 4. The maximum atomic E-state index is 12.8. The molecule has 1 amide bonds. The summed E-state index contributed by atoms with van der Waals surface area (Å²) in [7, 11) is -0.789. The molecule has 0 bridgehead atoms. The molecule has 1 aromatic carbocycles. The van der Waals surface area contributed by atoms with E-state index < -0.39 is 10.8 Å².